The molecule has 17 nitrogen and oxygen atoms in total. The second kappa shape index (κ2) is 14.7. The van der Waals surface area contributed by atoms with Crippen molar-refractivity contribution in [1.82, 2.24) is 25.1 Å². The van der Waals surface area contributed by atoms with E-state index < -0.39 is 47.0 Å². The van der Waals surface area contributed by atoms with Gasteiger partial charge in [0.05, 0.1) is 43.8 Å². The first-order valence-electron chi connectivity index (χ1n) is 15.2. The van der Waals surface area contributed by atoms with Crippen LogP contribution in [-0.4, -0.2) is 127 Å². The summed E-state index contributed by atoms with van der Waals surface area (Å²) in [5, 5.41) is 39.5. The molecule has 0 aromatic carbocycles. The number of hydrogen-bond acceptors (Lipinski definition) is 13. The smallest absolute Gasteiger partial charge is 0.352 e. The molecule has 5 rings (SSSR count). The van der Waals surface area contributed by atoms with Crippen LogP contribution in [0.15, 0.2) is 38.9 Å². The topological polar surface area (TPSA) is 239 Å². The minimum atomic E-state index is -1.28. The van der Waals surface area contributed by atoms with Crippen molar-refractivity contribution < 1.29 is 43.8 Å². The fraction of sp³-hybridized carbons (Fsp3) is 0.483. The normalized spacial score (nSPS) is 19.8. The lowest BCUT2D eigenvalue weighted by atomic mass is 10.1. The molecule has 0 radical (unpaired) electrons. The van der Waals surface area contributed by atoms with Gasteiger partial charge in [-0.05, 0) is 6.92 Å². The molecule has 7 N–H and O–H groups in total. The Morgan fingerprint density at radius 1 is 1.25 bits per heavy atom. The third-order valence-electron chi connectivity index (χ3n) is 8.54. The number of nitrogens with one attached hydrogen (secondary N) is 2. The van der Waals surface area contributed by atoms with E-state index in [0.717, 1.165) is 48.9 Å². The summed E-state index contributed by atoms with van der Waals surface area (Å²) in [6.07, 6.45) is 3.23. The molecule has 2 amide bonds. The maximum Gasteiger partial charge on any atom is 0.352 e. The Labute approximate surface area is 282 Å². The second-order valence-electron chi connectivity index (χ2n) is 11.9. The number of pyridine rings is 1. The monoisotopic (exact) mass is 705 g/mol. The number of thiazole rings is 1. The Bertz CT molecular complexity index is 1720. The third kappa shape index (κ3) is 7.91. The fourth-order valence-corrected chi connectivity index (χ4v) is 7.82. The van der Waals surface area contributed by atoms with Gasteiger partial charge in [-0.1, -0.05) is 5.16 Å². The number of anilines is 1. The zero-order chi connectivity index (χ0) is 34.6. The standard InChI is InChI=1S/C29H36N8O9S2/c1-16(31-25(42)24(34-46-13-22(40)41)18-15-48-29(30)32-18)26-33-23(28(44)45)17(14-47-26)12-37(7-2-3-8-37)9-6-35-4-5-36-11-21(39)20(38)10-19(36)27(35)43/h10-11,15-16,26,33H,2-9,12-14H2,1H3,(H5-,30,31,32,39,40,41,42,44,45)/p+1/b34-24-. The van der Waals surface area contributed by atoms with E-state index >= 15 is 0 Å². The molecular weight excluding hydrogens is 669 g/mol. The van der Waals surface area contributed by atoms with Gasteiger partial charge in [0.25, 0.3) is 11.8 Å². The van der Waals surface area contributed by atoms with Gasteiger partial charge >= 0.3 is 11.9 Å². The Morgan fingerprint density at radius 2 is 2.00 bits per heavy atom. The first-order chi connectivity index (χ1) is 22.9. The lowest BCUT2D eigenvalue weighted by Gasteiger charge is -2.40. The molecule has 48 heavy (non-hydrogen) atoms. The number of nitrogens with zero attached hydrogens (tertiary/aromatic N) is 5. The zero-order valence-corrected chi connectivity index (χ0v) is 27.7. The molecule has 2 aromatic heterocycles. The summed E-state index contributed by atoms with van der Waals surface area (Å²) in [6, 6.07) is 0.561. The van der Waals surface area contributed by atoms with Crippen LogP contribution in [0, 0.1) is 0 Å². The molecule has 2 atom stereocenters. The van der Waals surface area contributed by atoms with Crippen LogP contribution in [0.3, 0.4) is 0 Å². The molecule has 2 aromatic rings. The minimum absolute atomic E-state index is 0.0670. The van der Waals surface area contributed by atoms with Gasteiger partial charge in [0.1, 0.15) is 23.6 Å². The number of oxime groups is 1. The molecule has 5 heterocycles. The predicted octanol–water partition coefficient (Wildman–Crippen LogP) is -0.330. The highest BCUT2D eigenvalue weighted by Gasteiger charge is 2.39. The molecule has 0 bridgehead atoms. The van der Waals surface area contributed by atoms with Gasteiger partial charge in [-0.2, -0.15) is 0 Å². The van der Waals surface area contributed by atoms with Crippen LogP contribution in [0.4, 0.5) is 5.13 Å². The van der Waals surface area contributed by atoms with E-state index in [1.165, 1.54) is 23.3 Å². The highest BCUT2D eigenvalue weighted by Crippen LogP contribution is 2.30. The molecule has 1 fully saturated rings. The summed E-state index contributed by atoms with van der Waals surface area (Å²) in [5.74, 6) is -3.39. The number of hydrogen-bond donors (Lipinski definition) is 6. The van der Waals surface area contributed by atoms with Gasteiger partial charge in [-0.3, -0.25) is 14.4 Å². The number of aromatic hydroxyl groups is 1. The molecule has 0 saturated carbocycles. The summed E-state index contributed by atoms with van der Waals surface area (Å²) in [6.45, 7) is 4.98. The van der Waals surface area contributed by atoms with Crippen molar-refractivity contribution in [3.8, 4) is 5.75 Å². The van der Waals surface area contributed by atoms with Crippen LogP contribution in [0.1, 0.15) is 35.9 Å². The number of thioether (sulfide) groups is 1. The van der Waals surface area contributed by atoms with Gasteiger partial charge < -0.3 is 50.5 Å². The van der Waals surface area contributed by atoms with Crippen LogP contribution in [-0.2, 0) is 25.8 Å². The van der Waals surface area contributed by atoms with Crippen LogP contribution in [0.5, 0.6) is 5.75 Å². The van der Waals surface area contributed by atoms with Crippen molar-refractivity contribution in [2.24, 2.45) is 5.16 Å². The molecule has 3 aliphatic heterocycles. The molecule has 19 heteroatoms. The number of nitrogen functional groups attached to an aromatic ring is 1. The molecule has 258 valence electrons. The number of likely N-dealkylation sites (tertiary alicyclic amines) is 1. The average molecular weight is 706 g/mol. The molecule has 2 unspecified atom stereocenters. The second-order valence-corrected chi connectivity index (χ2v) is 13.9. The van der Waals surface area contributed by atoms with Crippen molar-refractivity contribution in [1.29, 1.82) is 0 Å². The number of carbonyl (C=O) groups is 4. The first-order valence-corrected chi connectivity index (χ1v) is 17.1. The van der Waals surface area contributed by atoms with Gasteiger partial charge in [0, 0.05) is 48.7 Å². The highest BCUT2D eigenvalue weighted by molar-refractivity contribution is 8.00. The van der Waals surface area contributed by atoms with Crippen LogP contribution in [0.2, 0.25) is 0 Å². The molecule has 0 aliphatic carbocycles. The SMILES string of the molecule is CC(NC(=O)/C(=N\OCC(=O)O)c1csc(N)n1)C1NC(C(=O)O)=C(C[N+]2(CCN3CCn4cc(O)c(=O)cc4C3=O)CCCC2)CS1. The van der Waals surface area contributed by atoms with Gasteiger partial charge in [0.2, 0.25) is 12.0 Å². The number of carboxylic acids is 2. The number of aliphatic carboxylic acids is 2. The number of nitrogens with two attached hydrogens (primary N) is 1. The molecule has 0 spiro atoms. The maximum atomic E-state index is 13.2. The van der Waals surface area contributed by atoms with Gasteiger partial charge in [-0.25, -0.2) is 14.6 Å². The van der Waals surface area contributed by atoms with Crippen LogP contribution < -0.4 is 21.8 Å². The number of aromatic nitrogens is 2. The minimum Gasteiger partial charge on any atom is -0.503 e. The number of amides is 2. The van der Waals surface area contributed by atoms with E-state index in [1.807, 2.05) is 0 Å². The van der Waals surface area contributed by atoms with E-state index in [1.54, 1.807) is 16.4 Å². The predicted molar refractivity (Wildman–Crippen MR) is 176 cm³/mol. The largest absolute Gasteiger partial charge is 0.503 e. The number of rotatable bonds is 13. The summed E-state index contributed by atoms with van der Waals surface area (Å²) >= 11 is 2.51. The van der Waals surface area contributed by atoms with E-state index in [2.05, 4.69) is 20.8 Å². The maximum absolute atomic E-state index is 13.2. The first kappa shape index (κ1) is 34.7. The Balaban J connectivity index is 1.26. The third-order valence-corrected chi connectivity index (χ3v) is 10.6. The van der Waals surface area contributed by atoms with Gasteiger partial charge in [0.15, 0.2) is 16.6 Å². The van der Waals surface area contributed by atoms with Crippen molar-refractivity contribution in [3.63, 3.8) is 0 Å². The summed E-state index contributed by atoms with van der Waals surface area (Å²) in [4.78, 5) is 72.3. The van der Waals surface area contributed by atoms with Crippen LogP contribution in [0.25, 0.3) is 0 Å². The van der Waals surface area contributed by atoms with Crippen molar-refractivity contribution in [2.45, 2.75) is 37.7 Å². The Kier molecular flexibility index (Phi) is 10.6. The van der Waals surface area contributed by atoms with Crippen molar-refractivity contribution in [3.05, 3.63) is 50.5 Å². The Hall–Kier alpha value is -4.62. The molecular formula is C29H37N8O9S2+. The van der Waals surface area contributed by atoms with E-state index in [4.69, 9.17) is 15.7 Å². The summed E-state index contributed by atoms with van der Waals surface area (Å²) in [7, 11) is 0. The fourth-order valence-electron chi connectivity index (χ4n) is 6.10. The molecule has 1 saturated heterocycles. The number of fused-ring (bicyclic) bond motifs is 1. The number of quaternary nitrogens is 1. The van der Waals surface area contributed by atoms with E-state index in [9.17, 15) is 34.2 Å². The number of carbonyl (C=O) groups excluding carboxylic acids is 2. The molecule has 3 aliphatic rings. The summed E-state index contributed by atoms with van der Waals surface area (Å²) in [5.41, 5.74) is 5.95. The summed E-state index contributed by atoms with van der Waals surface area (Å²) < 4.78 is 2.20. The Morgan fingerprint density at radius 3 is 2.67 bits per heavy atom. The van der Waals surface area contributed by atoms with E-state index in [-0.39, 0.29) is 33.8 Å². The van der Waals surface area contributed by atoms with Crippen LogP contribution >= 0.6 is 23.1 Å². The van der Waals surface area contributed by atoms with Crippen molar-refractivity contribution in [2.75, 3.05) is 57.4 Å². The average Bonchev–Trinajstić information content (AvgIpc) is 3.69. The number of carboxylic acid groups (broad SMARTS) is 2. The van der Waals surface area contributed by atoms with Crippen molar-refractivity contribution >= 4 is 57.7 Å². The highest BCUT2D eigenvalue weighted by atomic mass is 32.2. The van der Waals surface area contributed by atoms with E-state index in [0.29, 0.717) is 43.0 Å². The lowest BCUT2D eigenvalue weighted by molar-refractivity contribution is -0.911. The quantitative estimate of drug-likeness (QED) is 0.0891. The van der Waals surface area contributed by atoms with Gasteiger partial charge in [-0.15, -0.1) is 23.1 Å². The lowest BCUT2D eigenvalue weighted by Crippen LogP contribution is -2.55. The zero-order valence-electron chi connectivity index (χ0n) is 26.1.